The quantitative estimate of drug-likeness (QED) is 0.844. The molecule has 0 aromatic carbocycles. The number of aromatic nitrogens is 1. The fourth-order valence-corrected chi connectivity index (χ4v) is 1.93. The third-order valence-corrected chi connectivity index (χ3v) is 2.93. The highest BCUT2D eigenvalue weighted by atomic mass is 16.6. The zero-order chi connectivity index (χ0) is 16.8. The Hall–Kier alpha value is -1.82. The molecule has 1 heterocycles. The number of nitrogen functional groups attached to an aromatic ring is 1. The zero-order valence-corrected chi connectivity index (χ0v) is 14.2. The maximum atomic E-state index is 12.5. The molecular weight excluding hydrogens is 280 g/mol. The number of carbonyl (C=O) groups is 1. The van der Waals surface area contributed by atoms with Crippen molar-refractivity contribution in [3.63, 3.8) is 0 Å². The summed E-state index contributed by atoms with van der Waals surface area (Å²) >= 11 is 0. The van der Waals surface area contributed by atoms with Gasteiger partial charge in [0.2, 0.25) is 0 Å². The minimum Gasteiger partial charge on any atom is -0.443 e. The highest BCUT2D eigenvalue weighted by Gasteiger charge is 2.25. The van der Waals surface area contributed by atoms with Gasteiger partial charge in [0.05, 0.1) is 11.9 Å². The molecule has 0 spiro atoms. The first-order valence-corrected chi connectivity index (χ1v) is 7.65. The van der Waals surface area contributed by atoms with E-state index in [9.17, 15) is 4.79 Å². The van der Waals surface area contributed by atoms with Crippen LogP contribution >= 0.6 is 0 Å². The number of anilines is 2. The second kappa shape index (κ2) is 7.98. The van der Waals surface area contributed by atoms with E-state index in [4.69, 9.17) is 10.5 Å². The third kappa shape index (κ3) is 6.30. The summed E-state index contributed by atoms with van der Waals surface area (Å²) in [5, 5.41) is 3.29. The SMILES string of the molecule is CCNCC(C)CN(C(=O)OC(C)(C)C)c1ccc(N)nc1. The van der Waals surface area contributed by atoms with E-state index in [1.165, 1.54) is 0 Å². The standard InChI is InChI=1S/C16H28N4O2/c1-6-18-9-12(2)11-20(15(21)22-16(3,4)5)13-7-8-14(17)19-10-13/h7-8,10,12,18H,6,9,11H2,1-5H3,(H2,17,19). The zero-order valence-electron chi connectivity index (χ0n) is 14.2. The van der Waals surface area contributed by atoms with Gasteiger partial charge in [0.1, 0.15) is 11.4 Å². The molecule has 6 nitrogen and oxygen atoms in total. The Balaban J connectivity index is 2.89. The normalized spacial score (nSPS) is 12.8. The molecule has 0 radical (unpaired) electrons. The van der Waals surface area contributed by atoms with Crippen LogP contribution in [0.15, 0.2) is 18.3 Å². The Morgan fingerprint density at radius 2 is 2.14 bits per heavy atom. The summed E-state index contributed by atoms with van der Waals surface area (Å²) in [5.41, 5.74) is 5.76. The van der Waals surface area contributed by atoms with Gasteiger partial charge in [-0.05, 0) is 51.9 Å². The smallest absolute Gasteiger partial charge is 0.414 e. The number of nitrogens with two attached hydrogens (primary N) is 1. The second-order valence-corrected chi connectivity index (χ2v) is 6.45. The Bertz CT molecular complexity index is 468. The molecule has 0 aliphatic heterocycles. The molecule has 3 N–H and O–H groups in total. The number of rotatable bonds is 6. The predicted molar refractivity (Wildman–Crippen MR) is 89.9 cm³/mol. The number of hydrogen-bond acceptors (Lipinski definition) is 5. The lowest BCUT2D eigenvalue weighted by atomic mass is 10.1. The van der Waals surface area contributed by atoms with Crippen LogP contribution in [0.3, 0.4) is 0 Å². The van der Waals surface area contributed by atoms with Gasteiger partial charge in [-0.2, -0.15) is 0 Å². The van der Waals surface area contributed by atoms with Crippen molar-refractivity contribution >= 4 is 17.6 Å². The molecule has 0 saturated heterocycles. The number of pyridine rings is 1. The van der Waals surface area contributed by atoms with Crippen molar-refractivity contribution in [2.75, 3.05) is 30.3 Å². The van der Waals surface area contributed by atoms with Gasteiger partial charge in [0.25, 0.3) is 0 Å². The molecule has 0 fully saturated rings. The van der Waals surface area contributed by atoms with Crippen molar-refractivity contribution in [1.29, 1.82) is 0 Å². The predicted octanol–water partition coefficient (Wildman–Crippen LogP) is 2.65. The second-order valence-electron chi connectivity index (χ2n) is 6.45. The molecule has 0 aliphatic rings. The first-order chi connectivity index (χ1) is 10.2. The molecular formula is C16H28N4O2. The van der Waals surface area contributed by atoms with Gasteiger partial charge >= 0.3 is 6.09 Å². The van der Waals surface area contributed by atoms with Crippen molar-refractivity contribution < 1.29 is 9.53 Å². The van der Waals surface area contributed by atoms with Gasteiger partial charge in [0, 0.05) is 6.54 Å². The average molecular weight is 308 g/mol. The van der Waals surface area contributed by atoms with Crippen molar-refractivity contribution in [3.8, 4) is 0 Å². The molecule has 0 saturated carbocycles. The largest absolute Gasteiger partial charge is 0.443 e. The van der Waals surface area contributed by atoms with Crippen LogP contribution in [0.25, 0.3) is 0 Å². The molecule has 0 aliphatic carbocycles. The number of amides is 1. The number of carbonyl (C=O) groups excluding carboxylic acids is 1. The maximum absolute atomic E-state index is 12.5. The summed E-state index contributed by atoms with van der Waals surface area (Å²) in [4.78, 5) is 18.1. The van der Waals surface area contributed by atoms with Crippen LogP contribution in [0.1, 0.15) is 34.6 Å². The van der Waals surface area contributed by atoms with Gasteiger partial charge in [-0.1, -0.05) is 13.8 Å². The molecule has 1 amide bonds. The summed E-state index contributed by atoms with van der Waals surface area (Å²) in [7, 11) is 0. The monoisotopic (exact) mass is 308 g/mol. The summed E-state index contributed by atoms with van der Waals surface area (Å²) < 4.78 is 5.50. The molecule has 1 aromatic rings. The minimum atomic E-state index is -0.540. The van der Waals surface area contributed by atoms with Crippen LogP contribution in [-0.2, 0) is 4.74 Å². The Kier molecular flexibility index (Phi) is 6.61. The van der Waals surface area contributed by atoms with E-state index in [0.29, 0.717) is 18.1 Å². The minimum absolute atomic E-state index is 0.282. The molecule has 1 unspecified atom stereocenters. The van der Waals surface area contributed by atoms with E-state index in [1.807, 2.05) is 20.8 Å². The topological polar surface area (TPSA) is 80.5 Å². The lowest BCUT2D eigenvalue weighted by Crippen LogP contribution is -2.41. The van der Waals surface area contributed by atoms with Gasteiger partial charge in [-0.15, -0.1) is 0 Å². The van der Waals surface area contributed by atoms with Gasteiger partial charge < -0.3 is 15.8 Å². The molecule has 124 valence electrons. The van der Waals surface area contributed by atoms with Gasteiger partial charge in [0.15, 0.2) is 0 Å². The molecule has 6 heteroatoms. The van der Waals surface area contributed by atoms with Gasteiger partial charge in [-0.25, -0.2) is 9.78 Å². The van der Waals surface area contributed by atoms with Crippen LogP contribution in [-0.4, -0.2) is 36.3 Å². The van der Waals surface area contributed by atoms with Crippen LogP contribution in [0.4, 0.5) is 16.3 Å². The van der Waals surface area contributed by atoms with E-state index >= 15 is 0 Å². The number of hydrogen-bond donors (Lipinski definition) is 2. The van der Waals surface area contributed by atoms with E-state index in [1.54, 1.807) is 23.2 Å². The van der Waals surface area contributed by atoms with E-state index in [0.717, 1.165) is 13.1 Å². The van der Waals surface area contributed by atoms with Crippen molar-refractivity contribution in [3.05, 3.63) is 18.3 Å². The van der Waals surface area contributed by atoms with E-state index in [-0.39, 0.29) is 12.0 Å². The van der Waals surface area contributed by atoms with E-state index < -0.39 is 5.60 Å². The number of nitrogens with zero attached hydrogens (tertiary/aromatic N) is 2. The van der Waals surface area contributed by atoms with Crippen LogP contribution in [0.2, 0.25) is 0 Å². The fourth-order valence-electron chi connectivity index (χ4n) is 1.93. The first-order valence-electron chi connectivity index (χ1n) is 7.65. The lowest BCUT2D eigenvalue weighted by Gasteiger charge is -2.29. The third-order valence-electron chi connectivity index (χ3n) is 2.93. The summed E-state index contributed by atoms with van der Waals surface area (Å²) in [6.45, 7) is 12.0. The van der Waals surface area contributed by atoms with Crippen LogP contribution in [0, 0.1) is 5.92 Å². The van der Waals surface area contributed by atoms with Crippen molar-refractivity contribution in [1.82, 2.24) is 10.3 Å². The van der Waals surface area contributed by atoms with Crippen molar-refractivity contribution in [2.45, 2.75) is 40.2 Å². The van der Waals surface area contributed by atoms with E-state index in [2.05, 4.69) is 24.1 Å². The fraction of sp³-hybridized carbons (Fsp3) is 0.625. The van der Waals surface area contributed by atoms with Crippen molar-refractivity contribution in [2.24, 2.45) is 5.92 Å². The molecule has 22 heavy (non-hydrogen) atoms. The summed E-state index contributed by atoms with van der Waals surface area (Å²) in [6, 6.07) is 3.47. The number of ether oxygens (including phenoxy) is 1. The number of nitrogens with one attached hydrogen (secondary N) is 1. The molecule has 1 rings (SSSR count). The maximum Gasteiger partial charge on any atom is 0.414 e. The van der Waals surface area contributed by atoms with Gasteiger partial charge in [-0.3, -0.25) is 4.90 Å². The highest BCUT2D eigenvalue weighted by Crippen LogP contribution is 2.19. The Morgan fingerprint density at radius 3 is 2.64 bits per heavy atom. The van der Waals surface area contributed by atoms with Crippen LogP contribution < -0.4 is 16.0 Å². The molecule has 0 bridgehead atoms. The van der Waals surface area contributed by atoms with Crippen LogP contribution in [0.5, 0.6) is 0 Å². The first kappa shape index (κ1) is 18.2. The Labute approximate surface area is 133 Å². The molecule has 1 aromatic heterocycles. The summed E-state index contributed by atoms with van der Waals surface area (Å²) in [5.74, 6) is 0.707. The summed E-state index contributed by atoms with van der Waals surface area (Å²) in [6.07, 6.45) is 1.22. The molecule has 1 atom stereocenters. The highest BCUT2D eigenvalue weighted by molar-refractivity contribution is 5.87. The Morgan fingerprint density at radius 1 is 1.45 bits per heavy atom. The average Bonchev–Trinajstić information content (AvgIpc) is 2.41. The lowest BCUT2D eigenvalue weighted by molar-refractivity contribution is 0.0575.